The smallest absolute Gasteiger partial charge is 0.228 e. The Bertz CT molecular complexity index is 1250. The number of aliphatic hydroxyl groups is 2. The van der Waals surface area contributed by atoms with Crippen LogP contribution in [0, 0.1) is 5.92 Å². The van der Waals surface area contributed by atoms with Crippen molar-refractivity contribution >= 4 is 21.8 Å². The van der Waals surface area contributed by atoms with Crippen LogP contribution in [0.4, 0.5) is 0 Å². The van der Waals surface area contributed by atoms with Crippen molar-refractivity contribution in [1.29, 1.82) is 0 Å². The fourth-order valence-corrected chi connectivity index (χ4v) is 6.04. The zero-order valence-corrected chi connectivity index (χ0v) is 21.3. The second-order valence-corrected chi connectivity index (χ2v) is 9.95. The summed E-state index contributed by atoms with van der Waals surface area (Å²) >= 11 is 3.48. The molecule has 2 N–H and O–H groups in total. The van der Waals surface area contributed by atoms with Gasteiger partial charge in [0.25, 0.3) is 0 Å². The fraction of sp³-hybridized carbons (Fsp3) is 0.333. The predicted octanol–water partition coefficient (Wildman–Crippen LogP) is 3.58. The van der Waals surface area contributed by atoms with Crippen molar-refractivity contribution in [2.45, 2.75) is 30.1 Å². The third kappa shape index (κ3) is 3.16. The van der Waals surface area contributed by atoms with Crippen LogP contribution in [0.25, 0.3) is 0 Å². The zero-order valence-electron chi connectivity index (χ0n) is 19.7. The third-order valence-electron chi connectivity index (χ3n) is 7.45. The molecule has 1 aliphatic carbocycles. The van der Waals surface area contributed by atoms with Gasteiger partial charge >= 0.3 is 0 Å². The van der Waals surface area contributed by atoms with Gasteiger partial charge in [-0.15, -0.1) is 0 Å². The summed E-state index contributed by atoms with van der Waals surface area (Å²) in [6.07, 6.45) is 1.50. The van der Waals surface area contributed by atoms with Crippen LogP contribution in [0.2, 0.25) is 0 Å². The monoisotopic (exact) mass is 538 g/mol. The van der Waals surface area contributed by atoms with E-state index in [-0.39, 0.29) is 11.7 Å². The van der Waals surface area contributed by atoms with E-state index >= 15 is 0 Å². The van der Waals surface area contributed by atoms with Crippen molar-refractivity contribution in [3.05, 3.63) is 88.2 Å². The number of pyridine rings is 1. The van der Waals surface area contributed by atoms with E-state index in [1.807, 2.05) is 61.5 Å². The van der Waals surface area contributed by atoms with E-state index in [2.05, 4.69) is 20.9 Å². The second kappa shape index (κ2) is 8.62. The first kappa shape index (κ1) is 23.8. The van der Waals surface area contributed by atoms with Gasteiger partial charge in [0.05, 0.1) is 31.0 Å². The number of nitrogens with zero attached hydrogens (tertiary/aromatic N) is 2. The lowest BCUT2D eigenvalue weighted by Crippen LogP contribution is -2.52. The zero-order chi connectivity index (χ0) is 25.0. The maximum atomic E-state index is 13.8. The highest BCUT2D eigenvalue weighted by Gasteiger charge is 2.78. The number of hydrogen-bond acceptors (Lipinski definition) is 6. The summed E-state index contributed by atoms with van der Waals surface area (Å²) in [5, 5.41) is 24.6. The average molecular weight is 539 g/mol. The molecule has 0 radical (unpaired) electrons. The predicted molar refractivity (Wildman–Crippen MR) is 133 cm³/mol. The normalized spacial score (nSPS) is 28.7. The number of carbonyl (C=O) groups excluding carboxylic acids is 1. The molecule has 1 aliphatic heterocycles. The lowest BCUT2D eigenvalue weighted by molar-refractivity contribution is -0.156. The average Bonchev–Trinajstić information content (AvgIpc) is 3.27. The van der Waals surface area contributed by atoms with Crippen LogP contribution >= 0.6 is 15.9 Å². The van der Waals surface area contributed by atoms with Crippen molar-refractivity contribution in [3.63, 3.8) is 0 Å². The lowest BCUT2D eigenvalue weighted by Gasteiger charge is -2.40. The molecule has 0 unspecified atom stereocenters. The van der Waals surface area contributed by atoms with Gasteiger partial charge in [0, 0.05) is 24.0 Å². The topological polar surface area (TPSA) is 92.1 Å². The van der Waals surface area contributed by atoms with Crippen LogP contribution in [-0.4, -0.2) is 52.8 Å². The first-order valence-corrected chi connectivity index (χ1v) is 12.3. The molecular weight excluding hydrogens is 512 g/mol. The van der Waals surface area contributed by atoms with Crippen LogP contribution in [0.15, 0.2) is 71.5 Å². The Kier molecular flexibility index (Phi) is 5.86. The Morgan fingerprint density at radius 2 is 1.86 bits per heavy atom. The first-order chi connectivity index (χ1) is 16.8. The third-order valence-corrected chi connectivity index (χ3v) is 7.98. The van der Waals surface area contributed by atoms with Crippen LogP contribution in [-0.2, 0) is 16.0 Å². The summed E-state index contributed by atoms with van der Waals surface area (Å²) in [7, 11) is 3.17. The lowest BCUT2D eigenvalue weighted by atomic mass is 9.70. The minimum atomic E-state index is -2.00. The molecule has 0 saturated heterocycles. The van der Waals surface area contributed by atoms with E-state index in [1.54, 1.807) is 11.9 Å². The number of halogens is 1. The number of aromatic nitrogens is 1. The molecule has 1 amide bonds. The molecule has 182 valence electrons. The van der Waals surface area contributed by atoms with E-state index in [1.165, 1.54) is 19.5 Å². The van der Waals surface area contributed by atoms with E-state index in [4.69, 9.17) is 9.47 Å². The summed E-state index contributed by atoms with van der Waals surface area (Å²) in [5.41, 5.74) is -1.83. The molecule has 1 aromatic heterocycles. The summed E-state index contributed by atoms with van der Waals surface area (Å²) in [6, 6.07) is 16.9. The number of methoxy groups -OCH3 is 1. The molecule has 1 saturated carbocycles. The molecule has 2 aromatic carbocycles. The maximum Gasteiger partial charge on any atom is 0.228 e. The van der Waals surface area contributed by atoms with Gasteiger partial charge in [-0.2, -0.15) is 0 Å². The molecule has 1 fully saturated rings. The molecule has 0 bridgehead atoms. The minimum absolute atomic E-state index is 0.272. The van der Waals surface area contributed by atoms with E-state index in [0.717, 1.165) is 10.0 Å². The van der Waals surface area contributed by atoms with E-state index in [9.17, 15) is 15.0 Å². The number of amides is 1. The van der Waals surface area contributed by atoms with E-state index < -0.39 is 29.1 Å². The SMILES string of the molecule is CCN(C)C(=O)[C@H]1[C@@H](O)[C@@]2(O)c3c(OC)cncc3O[C@@]2(c2ccc(Br)cc2)[C@@H]1c1ccccc1. The van der Waals surface area contributed by atoms with Crippen LogP contribution in [0.5, 0.6) is 11.5 Å². The van der Waals surface area contributed by atoms with Crippen LogP contribution in [0.1, 0.15) is 29.5 Å². The van der Waals surface area contributed by atoms with Crippen molar-refractivity contribution in [1.82, 2.24) is 9.88 Å². The van der Waals surface area contributed by atoms with Gasteiger partial charge in [0.15, 0.2) is 11.2 Å². The molecule has 2 heterocycles. The van der Waals surface area contributed by atoms with Crippen LogP contribution < -0.4 is 9.47 Å². The highest BCUT2D eigenvalue weighted by atomic mass is 79.9. The summed E-state index contributed by atoms with van der Waals surface area (Å²) in [4.78, 5) is 19.6. The number of rotatable bonds is 5. The molecule has 8 heteroatoms. The molecule has 5 rings (SSSR count). The molecular formula is C27H27BrN2O5. The van der Waals surface area contributed by atoms with Crippen molar-refractivity contribution < 1.29 is 24.5 Å². The Morgan fingerprint density at radius 1 is 1.17 bits per heavy atom. The number of carbonyl (C=O) groups is 1. The van der Waals surface area contributed by atoms with Gasteiger partial charge in [0.1, 0.15) is 17.6 Å². The summed E-state index contributed by atoms with van der Waals surface area (Å²) in [6.45, 7) is 2.33. The van der Waals surface area contributed by atoms with Gasteiger partial charge in [-0.25, -0.2) is 0 Å². The number of aliphatic hydroxyl groups excluding tert-OH is 1. The standard InChI is InChI=1S/C27H27BrN2O5/c1-4-30(2)25(32)21-22(16-8-6-5-7-9-16)27(17-10-12-18(28)13-11-17)26(33,24(21)31)23-19(34-3)14-29-15-20(23)35-27/h5-15,21-22,24,31,33H,4H2,1-3H3/t21-,22-,24-,26+,27+/m1/s1. The van der Waals surface area contributed by atoms with Gasteiger partial charge in [0.2, 0.25) is 5.91 Å². The number of fused-ring (bicyclic) bond motifs is 3. The van der Waals surface area contributed by atoms with Gasteiger partial charge in [-0.1, -0.05) is 58.4 Å². The second-order valence-electron chi connectivity index (χ2n) is 9.04. The number of hydrogen-bond donors (Lipinski definition) is 2. The first-order valence-electron chi connectivity index (χ1n) is 11.5. The largest absolute Gasteiger partial charge is 0.495 e. The highest BCUT2D eigenvalue weighted by Crippen LogP contribution is 2.69. The molecule has 3 aromatic rings. The van der Waals surface area contributed by atoms with Crippen molar-refractivity contribution in [2.75, 3.05) is 20.7 Å². The van der Waals surface area contributed by atoms with Gasteiger partial charge in [-0.3, -0.25) is 9.78 Å². The minimum Gasteiger partial charge on any atom is -0.495 e. The van der Waals surface area contributed by atoms with E-state index in [0.29, 0.717) is 23.4 Å². The van der Waals surface area contributed by atoms with Gasteiger partial charge in [-0.05, 0) is 30.2 Å². The number of ether oxygens (including phenoxy) is 2. The van der Waals surface area contributed by atoms with Gasteiger partial charge < -0.3 is 24.6 Å². The quantitative estimate of drug-likeness (QED) is 0.515. The van der Waals surface area contributed by atoms with Crippen molar-refractivity contribution in [2.24, 2.45) is 5.92 Å². The summed E-state index contributed by atoms with van der Waals surface area (Å²) < 4.78 is 13.1. The Morgan fingerprint density at radius 3 is 2.49 bits per heavy atom. The Balaban J connectivity index is 1.87. The summed E-state index contributed by atoms with van der Waals surface area (Å²) in [5.74, 6) is -1.38. The molecule has 5 atom stereocenters. The molecule has 2 aliphatic rings. The Labute approximate surface area is 212 Å². The molecule has 7 nitrogen and oxygen atoms in total. The fourth-order valence-electron chi connectivity index (χ4n) is 5.78. The molecule has 35 heavy (non-hydrogen) atoms. The maximum absolute atomic E-state index is 13.8. The highest BCUT2D eigenvalue weighted by molar-refractivity contribution is 9.10. The molecule has 0 spiro atoms. The van der Waals surface area contributed by atoms with Crippen LogP contribution in [0.3, 0.4) is 0 Å². The Hall–Kier alpha value is -2.94. The number of benzene rings is 2. The van der Waals surface area contributed by atoms with Crippen molar-refractivity contribution in [3.8, 4) is 11.5 Å².